The van der Waals surface area contributed by atoms with Gasteiger partial charge in [0, 0.05) is 13.0 Å². The van der Waals surface area contributed by atoms with Crippen molar-refractivity contribution in [3.8, 4) is 12.3 Å². The van der Waals surface area contributed by atoms with Crippen LogP contribution in [0, 0.1) is 12.3 Å². The Bertz CT molecular complexity index is 302. The van der Waals surface area contributed by atoms with Gasteiger partial charge in [-0.25, -0.2) is 4.79 Å². The number of carbonyl (C=O) groups excluding carboxylic acids is 1. The van der Waals surface area contributed by atoms with E-state index in [9.17, 15) is 4.79 Å². The first-order valence-electron chi connectivity index (χ1n) is 7.58. The van der Waals surface area contributed by atoms with Gasteiger partial charge in [-0.1, -0.05) is 38.7 Å². The minimum Gasteiger partial charge on any atom is -0.463 e. The van der Waals surface area contributed by atoms with Gasteiger partial charge in [0.1, 0.15) is 0 Å². The summed E-state index contributed by atoms with van der Waals surface area (Å²) in [5.74, 6) is 2.30. The van der Waals surface area contributed by atoms with E-state index in [0.717, 1.165) is 19.3 Å². The van der Waals surface area contributed by atoms with Crippen LogP contribution in [0.5, 0.6) is 0 Å². The molecule has 0 amide bonds. The first kappa shape index (κ1) is 18.7. The maximum Gasteiger partial charge on any atom is 0.335 e. The number of hydrogen-bond acceptors (Lipinski definition) is 3. The molecule has 0 spiro atoms. The molecule has 0 heterocycles. The third-order valence-corrected chi connectivity index (χ3v) is 2.95. The molecule has 0 aromatic rings. The largest absolute Gasteiger partial charge is 0.463 e. The smallest absolute Gasteiger partial charge is 0.335 e. The molecule has 0 aromatic heterocycles. The van der Waals surface area contributed by atoms with Crippen LogP contribution in [-0.2, 0) is 14.3 Å². The summed E-state index contributed by atoms with van der Waals surface area (Å²) in [6.07, 6.45) is 14.4. The molecule has 3 nitrogen and oxygen atoms in total. The lowest BCUT2D eigenvalue weighted by atomic mass is 10.1. The predicted molar refractivity (Wildman–Crippen MR) is 82.4 cm³/mol. The van der Waals surface area contributed by atoms with E-state index in [1.807, 2.05) is 0 Å². The number of ether oxygens (including phenoxy) is 2. The molecular weight excluding hydrogens is 252 g/mol. The molecule has 0 saturated heterocycles. The van der Waals surface area contributed by atoms with Crippen molar-refractivity contribution in [2.24, 2.45) is 0 Å². The van der Waals surface area contributed by atoms with Gasteiger partial charge in [0.25, 0.3) is 0 Å². The first-order chi connectivity index (χ1) is 9.72. The van der Waals surface area contributed by atoms with Crippen molar-refractivity contribution in [1.29, 1.82) is 0 Å². The van der Waals surface area contributed by atoms with Gasteiger partial charge in [-0.2, -0.15) is 0 Å². The Morgan fingerprint density at radius 1 is 1.10 bits per heavy atom. The van der Waals surface area contributed by atoms with Gasteiger partial charge in [0.15, 0.2) is 0 Å². The van der Waals surface area contributed by atoms with Gasteiger partial charge in [-0.05, 0) is 19.8 Å². The van der Waals surface area contributed by atoms with Crippen LogP contribution in [0.1, 0.15) is 58.3 Å². The second-order valence-electron chi connectivity index (χ2n) is 4.81. The average Bonchev–Trinajstić information content (AvgIpc) is 2.44. The van der Waals surface area contributed by atoms with Crippen molar-refractivity contribution in [2.45, 2.75) is 58.3 Å². The van der Waals surface area contributed by atoms with Gasteiger partial charge < -0.3 is 9.47 Å². The quantitative estimate of drug-likeness (QED) is 0.222. The summed E-state index contributed by atoms with van der Waals surface area (Å²) in [4.78, 5) is 11.2. The van der Waals surface area contributed by atoms with Crippen molar-refractivity contribution < 1.29 is 14.3 Å². The highest BCUT2D eigenvalue weighted by Crippen LogP contribution is 2.08. The van der Waals surface area contributed by atoms with E-state index in [1.54, 1.807) is 6.92 Å². The molecule has 0 fully saturated rings. The Balaban J connectivity index is 3.23. The monoisotopic (exact) mass is 280 g/mol. The number of rotatable bonds is 13. The van der Waals surface area contributed by atoms with E-state index < -0.39 is 0 Å². The Hall–Kier alpha value is -1.27. The fourth-order valence-corrected chi connectivity index (χ4v) is 1.80. The van der Waals surface area contributed by atoms with E-state index in [2.05, 4.69) is 12.5 Å². The molecule has 0 unspecified atom stereocenters. The maximum atomic E-state index is 11.2. The standard InChI is InChI=1S/C17H28O3/c1-4-6-7-8-9-10-11-12-13-14-19-15-16(3)17(18)20-5-2/h1H,3,5-15H2,2H3. The number of unbranched alkanes of at least 4 members (excludes halogenated alkanes) is 7. The van der Waals surface area contributed by atoms with Gasteiger partial charge in [-0.15, -0.1) is 12.3 Å². The summed E-state index contributed by atoms with van der Waals surface area (Å²) in [6, 6.07) is 0. The average molecular weight is 280 g/mol. The Labute approximate surface area is 123 Å². The highest BCUT2D eigenvalue weighted by molar-refractivity contribution is 5.87. The van der Waals surface area contributed by atoms with Crippen molar-refractivity contribution in [3.05, 3.63) is 12.2 Å². The third-order valence-electron chi connectivity index (χ3n) is 2.95. The maximum absolute atomic E-state index is 11.2. The highest BCUT2D eigenvalue weighted by atomic mass is 16.5. The summed E-state index contributed by atoms with van der Waals surface area (Å²) >= 11 is 0. The van der Waals surface area contributed by atoms with E-state index >= 15 is 0 Å². The lowest BCUT2D eigenvalue weighted by Gasteiger charge is -2.06. The molecule has 0 atom stereocenters. The number of esters is 1. The lowest BCUT2D eigenvalue weighted by Crippen LogP contribution is -2.12. The molecule has 0 aliphatic heterocycles. The van der Waals surface area contributed by atoms with Gasteiger partial charge in [0.2, 0.25) is 0 Å². The molecule has 0 N–H and O–H groups in total. The van der Waals surface area contributed by atoms with Crippen molar-refractivity contribution >= 4 is 5.97 Å². The van der Waals surface area contributed by atoms with Crippen LogP contribution >= 0.6 is 0 Å². The van der Waals surface area contributed by atoms with Crippen LogP contribution in [0.3, 0.4) is 0 Å². The number of terminal acetylenes is 1. The predicted octanol–water partition coefficient (Wildman–Crippen LogP) is 3.88. The molecule has 0 rings (SSSR count). The molecule has 0 aliphatic rings. The molecule has 20 heavy (non-hydrogen) atoms. The van der Waals surface area contributed by atoms with E-state index in [0.29, 0.717) is 18.8 Å². The molecule has 0 radical (unpaired) electrons. The number of hydrogen-bond donors (Lipinski definition) is 0. The van der Waals surface area contributed by atoms with Gasteiger partial charge in [0.05, 0.1) is 18.8 Å². The fraction of sp³-hybridized carbons (Fsp3) is 0.706. The summed E-state index contributed by atoms with van der Waals surface area (Å²) in [7, 11) is 0. The normalized spacial score (nSPS) is 10.0. The second-order valence-corrected chi connectivity index (χ2v) is 4.81. The van der Waals surface area contributed by atoms with Crippen LogP contribution in [0.4, 0.5) is 0 Å². The first-order valence-corrected chi connectivity index (χ1v) is 7.58. The van der Waals surface area contributed by atoms with Crippen molar-refractivity contribution in [3.63, 3.8) is 0 Å². The molecular formula is C17H28O3. The Morgan fingerprint density at radius 2 is 1.70 bits per heavy atom. The molecule has 0 saturated carbocycles. The topological polar surface area (TPSA) is 35.5 Å². The summed E-state index contributed by atoms with van der Waals surface area (Å²) < 4.78 is 10.2. The Kier molecular flexibility index (Phi) is 13.2. The van der Waals surface area contributed by atoms with Crippen LogP contribution in [0.25, 0.3) is 0 Å². The van der Waals surface area contributed by atoms with E-state index in [1.165, 1.54) is 32.1 Å². The van der Waals surface area contributed by atoms with E-state index in [4.69, 9.17) is 15.9 Å². The van der Waals surface area contributed by atoms with Crippen LogP contribution in [0.2, 0.25) is 0 Å². The summed E-state index contributed by atoms with van der Waals surface area (Å²) in [5.41, 5.74) is 0.389. The zero-order valence-electron chi connectivity index (χ0n) is 12.8. The molecule has 0 aliphatic carbocycles. The second kappa shape index (κ2) is 14.1. The zero-order chi connectivity index (χ0) is 15.1. The molecule has 0 aromatic carbocycles. The minimum absolute atomic E-state index is 0.269. The molecule has 114 valence electrons. The summed E-state index contributed by atoms with van der Waals surface area (Å²) in [5, 5.41) is 0. The van der Waals surface area contributed by atoms with Crippen molar-refractivity contribution in [1.82, 2.24) is 0 Å². The minimum atomic E-state index is -0.362. The Morgan fingerprint density at radius 3 is 2.30 bits per heavy atom. The van der Waals surface area contributed by atoms with Gasteiger partial charge in [-0.3, -0.25) is 0 Å². The molecule has 0 bridgehead atoms. The van der Waals surface area contributed by atoms with Crippen LogP contribution < -0.4 is 0 Å². The summed E-state index contributed by atoms with van der Waals surface area (Å²) in [6.45, 7) is 6.74. The number of carbonyl (C=O) groups is 1. The third kappa shape index (κ3) is 11.8. The van der Waals surface area contributed by atoms with E-state index in [-0.39, 0.29) is 12.6 Å². The van der Waals surface area contributed by atoms with Crippen LogP contribution in [-0.4, -0.2) is 25.8 Å². The SMILES string of the molecule is C#CCCCCCCCCCOCC(=C)C(=O)OCC. The molecule has 3 heteroatoms. The van der Waals surface area contributed by atoms with Crippen LogP contribution in [0.15, 0.2) is 12.2 Å². The highest BCUT2D eigenvalue weighted by Gasteiger charge is 2.06. The fourth-order valence-electron chi connectivity index (χ4n) is 1.80. The van der Waals surface area contributed by atoms with Gasteiger partial charge >= 0.3 is 5.97 Å². The van der Waals surface area contributed by atoms with Crippen molar-refractivity contribution in [2.75, 3.05) is 19.8 Å². The zero-order valence-corrected chi connectivity index (χ0v) is 12.8. The lowest BCUT2D eigenvalue weighted by molar-refractivity contribution is -0.139.